The van der Waals surface area contributed by atoms with Gasteiger partial charge in [-0.1, -0.05) is 6.08 Å². The number of hydrogen-bond donors (Lipinski definition) is 2. The Morgan fingerprint density at radius 1 is 1.50 bits per heavy atom. The first-order valence-corrected chi connectivity index (χ1v) is 2.53. The van der Waals surface area contributed by atoms with E-state index in [-0.39, 0.29) is 0 Å². The molecule has 0 atom stereocenters. The lowest BCUT2D eigenvalue weighted by Crippen LogP contribution is -2.01. The Morgan fingerprint density at radius 2 is 2.00 bits per heavy atom. The second kappa shape index (κ2) is 3.13. The molecule has 0 aliphatic carbocycles. The van der Waals surface area contributed by atoms with Crippen molar-refractivity contribution >= 4 is 0 Å². The van der Waals surface area contributed by atoms with Gasteiger partial charge in [-0.25, -0.2) is 0 Å². The minimum Gasteiger partial charge on any atom is -0.403 e. The van der Waals surface area contributed by atoms with Crippen LogP contribution in [0.4, 0.5) is 0 Å². The summed E-state index contributed by atoms with van der Waals surface area (Å²) in [6, 6.07) is 0. The van der Waals surface area contributed by atoms with E-state index in [1.165, 1.54) is 6.20 Å². The monoisotopic (exact) mass is 112 g/mol. The van der Waals surface area contributed by atoms with Gasteiger partial charge in [-0.3, -0.25) is 0 Å². The van der Waals surface area contributed by atoms with E-state index in [4.69, 9.17) is 11.5 Å². The van der Waals surface area contributed by atoms with Crippen molar-refractivity contribution in [2.75, 3.05) is 0 Å². The van der Waals surface area contributed by atoms with Crippen molar-refractivity contribution in [1.82, 2.24) is 0 Å². The second-order valence-electron chi connectivity index (χ2n) is 1.59. The normalized spacial score (nSPS) is 14.2. The van der Waals surface area contributed by atoms with Crippen LogP contribution in [0.5, 0.6) is 0 Å². The predicted molar refractivity (Wildman–Crippen MR) is 35.9 cm³/mol. The smallest absolute Gasteiger partial charge is 0.0497 e. The molecule has 0 rings (SSSR count). The summed E-state index contributed by atoms with van der Waals surface area (Å²) in [5.74, 6) is 0. The molecule has 0 aromatic carbocycles. The molecule has 0 saturated carbocycles. The van der Waals surface area contributed by atoms with Crippen molar-refractivity contribution in [3.05, 3.63) is 23.5 Å². The van der Waals surface area contributed by atoms with Gasteiger partial charge < -0.3 is 11.5 Å². The van der Waals surface area contributed by atoms with Crippen LogP contribution in [0, 0.1) is 0 Å². The van der Waals surface area contributed by atoms with Crippen LogP contribution >= 0.6 is 0 Å². The lowest BCUT2D eigenvalue weighted by atomic mass is 10.2. The van der Waals surface area contributed by atoms with E-state index in [9.17, 15) is 0 Å². The van der Waals surface area contributed by atoms with Gasteiger partial charge in [-0.05, 0) is 19.4 Å². The maximum absolute atomic E-state index is 5.39. The SMILES string of the molecule is C/C=C(C)\C(N)=C\N. The first-order valence-electron chi connectivity index (χ1n) is 2.53. The fraction of sp³-hybridized carbons (Fsp3) is 0.333. The molecule has 2 heteroatoms. The molecule has 4 N–H and O–H groups in total. The average molecular weight is 112 g/mol. The summed E-state index contributed by atoms with van der Waals surface area (Å²) in [6.07, 6.45) is 3.31. The van der Waals surface area contributed by atoms with Crippen LogP contribution in [0.3, 0.4) is 0 Å². The van der Waals surface area contributed by atoms with Gasteiger partial charge in [0.05, 0.1) is 0 Å². The molecule has 0 heterocycles. The number of allylic oxidation sites excluding steroid dienone is 2. The standard InChI is InChI=1S/C6H12N2/c1-3-5(2)6(8)4-7/h3-4H,7-8H2,1-2H3/b5-3-,6-4-. The Balaban J connectivity index is 4.04. The highest BCUT2D eigenvalue weighted by Crippen LogP contribution is 1.97. The molecule has 0 aromatic heterocycles. The Labute approximate surface area is 49.9 Å². The zero-order valence-corrected chi connectivity index (χ0v) is 5.31. The predicted octanol–water partition coefficient (Wildman–Crippen LogP) is 0.711. The number of rotatable bonds is 1. The molecule has 0 saturated heterocycles. The molecule has 0 amide bonds. The van der Waals surface area contributed by atoms with Gasteiger partial charge in [0.25, 0.3) is 0 Å². The van der Waals surface area contributed by atoms with Crippen molar-refractivity contribution in [3.63, 3.8) is 0 Å². The molecule has 0 spiro atoms. The third-order valence-electron chi connectivity index (χ3n) is 1.07. The van der Waals surface area contributed by atoms with Gasteiger partial charge in [0.1, 0.15) is 0 Å². The summed E-state index contributed by atoms with van der Waals surface area (Å²) in [4.78, 5) is 0. The molecule has 46 valence electrons. The minimum absolute atomic E-state index is 0.646. The largest absolute Gasteiger partial charge is 0.403 e. The van der Waals surface area contributed by atoms with Crippen molar-refractivity contribution in [3.8, 4) is 0 Å². The van der Waals surface area contributed by atoms with Crippen LogP contribution < -0.4 is 11.5 Å². The molecule has 0 aromatic rings. The van der Waals surface area contributed by atoms with Crippen LogP contribution in [-0.2, 0) is 0 Å². The molecule has 8 heavy (non-hydrogen) atoms. The van der Waals surface area contributed by atoms with Gasteiger partial charge in [-0.2, -0.15) is 0 Å². The topological polar surface area (TPSA) is 52.0 Å². The van der Waals surface area contributed by atoms with Crippen LogP contribution in [-0.4, -0.2) is 0 Å². The van der Waals surface area contributed by atoms with Gasteiger partial charge in [-0.15, -0.1) is 0 Å². The maximum atomic E-state index is 5.39. The maximum Gasteiger partial charge on any atom is 0.0497 e. The molecule has 0 aliphatic heterocycles. The van der Waals surface area contributed by atoms with Crippen molar-refractivity contribution in [2.24, 2.45) is 11.5 Å². The number of hydrogen-bond acceptors (Lipinski definition) is 2. The van der Waals surface area contributed by atoms with E-state index >= 15 is 0 Å². The summed E-state index contributed by atoms with van der Waals surface area (Å²) < 4.78 is 0. The molecule has 0 radical (unpaired) electrons. The highest BCUT2D eigenvalue weighted by Gasteiger charge is 1.86. The first kappa shape index (κ1) is 7.08. The highest BCUT2D eigenvalue weighted by atomic mass is 14.6. The van der Waals surface area contributed by atoms with Crippen molar-refractivity contribution < 1.29 is 0 Å². The quantitative estimate of drug-likeness (QED) is 0.491. The van der Waals surface area contributed by atoms with E-state index in [2.05, 4.69) is 0 Å². The molecule has 2 nitrogen and oxygen atoms in total. The number of nitrogens with two attached hydrogens (primary N) is 2. The van der Waals surface area contributed by atoms with Crippen LogP contribution in [0.25, 0.3) is 0 Å². The van der Waals surface area contributed by atoms with Crippen molar-refractivity contribution in [2.45, 2.75) is 13.8 Å². The lowest BCUT2D eigenvalue weighted by molar-refractivity contribution is 1.25. The van der Waals surface area contributed by atoms with E-state index in [0.29, 0.717) is 5.70 Å². The Hall–Kier alpha value is -0.920. The Kier molecular flexibility index (Phi) is 2.77. The van der Waals surface area contributed by atoms with Crippen LogP contribution in [0.1, 0.15) is 13.8 Å². The van der Waals surface area contributed by atoms with Crippen LogP contribution in [0.2, 0.25) is 0 Å². The van der Waals surface area contributed by atoms with Crippen molar-refractivity contribution in [1.29, 1.82) is 0 Å². The molecule has 0 bridgehead atoms. The van der Waals surface area contributed by atoms with Gasteiger partial charge in [0, 0.05) is 11.9 Å². The summed E-state index contributed by atoms with van der Waals surface area (Å²) in [7, 11) is 0. The van der Waals surface area contributed by atoms with E-state index < -0.39 is 0 Å². The zero-order valence-electron chi connectivity index (χ0n) is 5.31. The summed E-state index contributed by atoms with van der Waals surface area (Å²) in [5.41, 5.74) is 12.2. The Morgan fingerprint density at radius 3 is 2.12 bits per heavy atom. The van der Waals surface area contributed by atoms with E-state index in [1.54, 1.807) is 0 Å². The molecular formula is C6H12N2. The molecule has 0 unspecified atom stereocenters. The van der Waals surface area contributed by atoms with Crippen LogP contribution in [0.15, 0.2) is 23.5 Å². The fourth-order valence-electron chi connectivity index (χ4n) is 0.298. The molecule has 0 fully saturated rings. The van der Waals surface area contributed by atoms with E-state index in [1.807, 2.05) is 19.9 Å². The molecule has 0 aliphatic rings. The summed E-state index contributed by atoms with van der Waals surface area (Å²) in [6.45, 7) is 3.84. The lowest BCUT2D eigenvalue weighted by Gasteiger charge is -1.95. The zero-order chi connectivity index (χ0) is 6.57. The third-order valence-corrected chi connectivity index (χ3v) is 1.07. The highest BCUT2D eigenvalue weighted by molar-refractivity contribution is 5.23. The summed E-state index contributed by atoms with van der Waals surface area (Å²) in [5, 5.41) is 0. The minimum atomic E-state index is 0.646. The van der Waals surface area contributed by atoms with Gasteiger partial charge >= 0.3 is 0 Å². The third kappa shape index (κ3) is 1.69. The van der Waals surface area contributed by atoms with Gasteiger partial charge in [0.15, 0.2) is 0 Å². The Bertz CT molecular complexity index is 106. The van der Waals surface area contributed by atoms with Gasteiger partial charge in [0.2, 0.25) is 0 Å². The average Bonchev–Trinajstić information content (AvgIpc) is 1.84. The molecular weight excluding hydrogens is 100 g/mol. The van der Waals surface area contributed by atoms with E-state index in [0.717, 1.165) is 5.57 Å². The first-order chi connectivity index (χ1) is 3.72. The fourth-order valence-corrected chi connectivity index (χ4v) is 0.298. The second-order valence-corrected chi connectivity index (χ2v) is 1.59. The summed E-state index contributed by atoms with van der Waals surface area (Å²) >= 11 is 0.